The Hall–Kier alpha value is -2.50. The summed E-state index contributed by atoms with van der Waals surface area (Å²) in [5.41, 5.74) is 4.80. The molecule has 0 spiro atoms. The summed E-state index contributed by atoms with van der Waals surface area (Å²) >= 11 is 0. The second kappa shape index (κ2) is 4.79. The summed E-state index contributed by atoms with van der Waals surface area (Å²) in [5.74, 6) is -0.159. The third kappa shape index (κ3) is 2.60. The second-order valence-electron chi connectivity index (χ2n) is 3.93. The number of nitro groups is 1. The fraction of sp³-hybridized carbons (Fsp3) is 0.167. The Bertz CT molecular complexity index is 558. The van der Waals surface area contributed by atoms with Crippen LogP contribution in [0.4, 0.5) is 5.69 Å². The molecular weight excluding hydrogens is 234 g/mol. The van der Waals surface area contributed by atoms with E-state index in [1.54, 1.807) is 25.1 Å². The number of carbonyl (C=O) groups excluding carboxylic acids is 1. The number of amides is 1. The van der Waals surface area contributed by atoms with E-state index in [2.05, 4.69) is 10.5 Å². The van der Waals surface area contributed by atoms with Crippen LogP contribution in [-0.2, 0) is 4.79 Å². The van der Waals surface area contributed by atoms with Crippen molar-refractivity contribution in [1.82, 2.24) is 5.43 Å². The Kier molecular flexibility index (Phi) is 3.18. The summed E-state index contributed by atoms with van der Waals surface area (Å²) in [6.45, 7) is 1.80. The number of benzene rings is 1. The molecule has 6 nitrogen and oxygen atoms in total. The summed E-state index contributed by atoms with van der Waals surface area (Å²) < 4.78 is 0. The predicted octanol–water partition coefficient (Wildman–Crippen LogP) is 1.87. The van der Waals surface area contributed by atoms with Gasteiger partial charge in [0.05, 0.1) is 17.1 Å². The van der Waals surface area contributed by atoms with Crippen molar-refractivity contribution in [2.45, 2.75) is 13.3 Å². The van der Waals surface area contributed by atoms with E-state index in [0.717, 1.165) is 16.8 Å². The summed E-state index contributed by atoms with van der Waals surface area (Å²) in [6.07, 6.45) is 2.08. The highest BCUT2D eigenvalue weighted by atomic mass is 16.6. The molecular formula is C12H11N3O3. The molecule has 1 aromatic rings. The molecule has 0 bridgehead atoms. The fourth-order valence-corrected chi connectivity index (χ4v) is 1.61. The minimum Gasteiger partial charge on any atom is -0.273 e. The lowest BCUT2D eigenvalue weighted by Crippen LogP contribution is -2.26. The molecule has 0 aliphatic carbocycles. The van der Waals surface area contributed by atoms with Gasteiger partial charge in [0.15, 0.2) is 0 Å². The van der Waals surface area contributed by atoms with E-state index < -0.39 is 4.92 Å². The minimum atomic E-state index is -0.447. The Morgan fingerprint density at radius 3 is 2.67 bits per heavy atom. The first-order valence-electron chi connectivity index (χ1n) is 5.35. The first-order chi connectivity index (χ1) is 8.56. The van der Waals surface area contributed by atoms with E-state index >= 15 is 0 Å². The quantitative estimate of drug-likeness (QED) is 0.637. The number of hydrazone groups is 1. The summed E-state index contributed by atoms with van der Waals surface area (Å²) in [6, 6.07) is 6.15. The van der Waals surface area contributed by atoms with Crippen LogP contribution in [0, 0.1) is 10.1 Å². The molecule has 92 valence electrons. The highest BCUT2D eigenvalue weighted by Crippen LogP contribution is 2.17. The van der Waals surface area contributed by atoms with Crippen LogP contribution in [-0.4, -0.2) is 16.5 Å². The Balaban J connectivity index is 2.27. The number of nitrogens with one attached hydrogen (secondary N) is 1. The molecule has 2 rings (SSSR count). The van der Waals surface area contributed by atoms with Crippen LogP contribution in [0.5, 0.6) is 0 Å². The number of rotatable bonds is 2. The molecule has 1 aliphatic heterocycles. The lowest BCUT2D eigenvalue weighted by atomic mass is 10.0. The molecule has 6 heteroatoms. The van der Waals surface area contributed by atoms with E-state index in [4.69, 9.17) is 0 Å². The molecule has 0 saturated heterocycles. The van der Waals surface area contributed by atoms with Gasteiger partial charge in [-0.15, -0.1) is 0 Å². The van der Waals surface area contributed by atoms with E-state index in [-0.39, 0.29) is 18.0 Å². The van der Waals surface area contributed by atoms with Crippen LogP contribution in [0.2, 0.25) is 0 Å². The largest absolute Gasteiger partial charge is 0.273 e. The van der Waals surface area contributed by atoms with Crippen LogP contribution < -0.4 is 5.43 Å². The minimum absolute atomic E-state index is 0.0453. The highest BCUT2D eigenvalue weighted by Gasteiger charge is 2.14. The standard InChI is InChI=1S/C12H11N3O3/c1-8-10(7-12(16)14-13-8)6-9-2-4-11(5-3-9)15(17)18/h2-6H,7H2,1H3,(H,14,16)/b10-6+. The van der Waals surface area contributed by atoms with E-state index in [1.807, 2.05) is 0 Å². The Morgan fingerprint density at radius 2 is 2.06 bits per heavy atom. The predicted molar refractivity (Wildman–Crippen MR) is 66.9 cm³/mol. The van der Waals surface area contributed by atoms with Gasteiger partial charge in [-0.3, -0.25) is 14.9 Å². The molecule has 0 saturated carbocycles. The number of nitro benzene ring substituents is 1. The zero-order valence-electron chi connectivity index (χ0n) is 9.71. The van der Waals surface area contributed by atoms with Crippen LogP contribution >= 0.6 is 0 Å². The van der Waals surface area contributed by atoms with Crippen molar-refractivity contribution in [3.63, 3.8) is 0 Å². The third-order valence-corrected chi connectivity index (χ3v) is 2.61. The zero-order valence-corrected chi connectivity index (χ0v) is 9.71. The maximum Gasteiger partial charge on any atom is 0.269 e. The van der Waals surface area contributed by atoms with Crippen LogP contribution in [0.15, 0.2) is 34.9 Å². The molecule has 1 aliphatic rings. The average molecular weight is 245 g/mol. The smallest absolute Gasteiger partial charge is 0.269 e. The van der Waals surface area contributed by atoms with Crippen molar-refractivity contribution in [3.8, 4) is 0 Å². The van der Waals surface area contributed by atoms with Gasteiger partial charge in [-0.25, -0.2) is 5.43 Å². The van der Waals surface area contributed by atoms with E-state index in [0.29, 0.717) is 0 Å². The van der Waals surface area contributed by atoms with Crippen molar-refractivity contribution >= 4 is 23.4 Å². The van der Waals surface area contributed by atoms with Crippen LogP contribution in [0.1, 0.15) is 18.9 Å². The Labute approximate surface area is 103 Å². The summed E-state index contributed by atoms with van der Waals surface area (Å²) in [7, 11) is 0. The molecule has 0 unspecified atom stereocenters. The van der Waals surface area contributed by atoms with Crippen molar-refractivity contribution < 1.29 is 9.72 Å². The molecule has 18 heavy (non-hydrogen) atoms. The van der Waals surface area contributed by atoms with Gasteiger partial charge >= 0.3 is 0 Å². The molecule has 1 N–H and O–H groups in total. The summed E-state index contributed by atoms with van der Waals surface area (Å²) in [5, 5.41) is 14.4. The van der Waals surface area contributed by atoms with Gasteiger partial charge in [0.25, 0.3) is 5.69 Å². The van der Waals surface area contributed by atoms with Gasteiger partial charge in [-0.1, -0.05) is 0 Å². The molecule has 0 aromatic heterocycles. The first-order valence-corrected chi connectivity index (χ1v) is 5.35. The van der Waals surface area contributed by atoms with Crippen molar-refractivity contribution in [2.24, 2.45) is 5.10 Å². The SMILES string of the molecule is CC1=NNC(=O)C/C1=C\c1ccc([N+](=O)[O-])cc1. The van der Waals surface area contributed by atoms with Gasteiger partial charge in [0, 0.05) is 12.1 Å². The number of hydrogen-bond donors (Lipinski definition) is 1. The number of non-ortho nitro benzene ring substituents is 1. The van der Waals surface area contributed by atoms with Crippen LogP contribution in [0.3, 0.4) is 0 Å². The highest BCUT2D eigenvalue weighted by molar-refractivity contribution is 6.08. The van der Waals surface area contributed by atoms with Gasteiger partial charge in [0.2, 0.25) is 5.91 Å². The number of carbonyl (C=O) groups is 1. The third-order valence-electron chi connectivity index (χ3n) is 2.61. The number of nitrogens with zero attached hydrogens (tertiary/aromatic N) is 2. The zero-order chi connectivity index (χ0) is 13.1. The van der Waals surface area contributed by atoms with Crippen LogP contribution in [0.25, 0.3) is 6.08 Å². The number of hydrogen-bond acceptors (Lipinski definition) is 4. The van der Waals surface area contributed by atoms with Crippen molar-refractivity contribution in [3.05, 3.63) is 45.5 Å². The van der Waals surface area contributed by atoms with E-state index in [1.165, 1.54) is 12.1 Å². The lowest BCUT2D eigenvalue weighted by molar-refractivity contribution is -0.384. The first kappa shape index (κ1) is 12.0. The molecule has 1 aromatic carbocycles. The topological polar surface area (TPSA) is 84.6 Å². The normalized spacial score (nSPS) is 17.3. The van der Waals surface area contributed by atoms with Gasteiger partial charge in [-0.05, 0) is 36.3 Å². The monoisotopic (exact) mass is 245 g/mol. The molecule has 1 heterocycles. The van der Waals surface area contributed by atoms with Crippen molar-refractivity contribution in [2.75, 3.05) is 0 Å². The molecule has 1 amide bonds. The summed E-state index contributed by atoms with van der Waals surface area (Å²) in [4.78, 5) is 21.3. The average Bonchev–Trinajstić information content (AvgIpc) is 2.34. The maximum atomic E-state index is 11.2. The maximum absolute atomic E-state index is 11.2. The van der Waals surface area contributed by atoms with Gasteiger partial charge < -0.3 is 0 Å². The van der Waals surface area contributed by atoms with Crippen molar-refractivity contribution in [1.29, 1.82) is 0 Å². The molecule has 0 atom stereocenters. The fourth-order valence-electron chi connectivity index (χ4n) is 1.61. The van der Waals surface area contributed by atoms with Gasteiger partial charge in [-0.2, -0.15) is 5.10 Å². The lowest BCUT2D eigenvalue weighted by Gasteiger charge is -2.12. The van der Waals surface area contributed by atoms with E-state index in [9.17, 15) is 14.9 Å². The second-order valence-corrected chi connectivity index (χ2v) is 3.93. The molecule has 0 radical (unpaired) electrons. The molecule has 0 fully saturated rings. The van der Waals surface area contributed by atoms with Gasteiger partial charge in [0.1, 0.15) is 0 Å². The Morgan fingerprint density at radius 1 is 1.39 bits per heavy atom.